The highest BCUT2D eigenvalue weighted by Crippen LogP contribution is 2.14. The first-order valence-electron chi connectivity index (χ1n) is 6.80. The molecular formula is C15H22N4. The van der Waals surface area contributed by atoms with Crippen LogP contribution in [0.1, 0.15) is 42.7 Å². The van der Waals surface area contributed by atoms with Crippen molar-refractivity contribution < 1.29 is 0 Å². The van der Waals surface area contributed by atoms with E-state index < -0.39 is 0 Å². The molecule has 2 rings (SSSR count). The molecule has 1 aromatic carbocycles. The summed E-state index contributed by atoms with van der Waals surface area (Å²) in [5, 5.41) is 8.44. The highest BCUT2D eigenvalue weighted by molar-refractivity contribution is 5.21. The van der Waals surface area contributed by atoms with Gasteiger partial charge in [-0.3, -0.25) is 0 Å². The van der Waals surface area contributed by atoms with Gasteiger partial charge in [0.2, 0.25) is 0 Å². The molecule has 0 aliphatic carbocycles. The van der Waals surface area contributed by atoms with Crippen molar-refractivity contribution in [1.29, 1.82) is 0 Å². The van der Waals surface area contributed by atoms with Crippen LogP contribution in [0.2, 0.25) is 0 Å². The summed E-state index contributed by atoms with van der Waals surface area (Å²) >= 11 is 0. The molecule has 0 saturated heterocycles. The Morgan fingerprint density at radius 3 is 2.26 bits per heavy atom. The minimum Gasteiger partial charge on any atom is -0.324 e. The molecule has 1 heterocycles. The Kier molecular flexibility index (Phi) is 4.32. The molecule has 0 saturated carbocycles. The molecule has 0 aliphatic heterocycles. The summed E-state index contributed by atoms with van der Waals surface area (Å²) in [5.41, 5.74) is 8.33. The van der Waals surface area contributed by atoms with E-state index in [0.717, 1.165) is 24.5 Å². The molecule has 1 aromatic heterocycles. The summed E-state index contributed by atoms with van der Waals surface area (Å²) in [4.78, 5) is 0. The number of benzene rings is 1. The zero-order valence-corrected chi connectivity index (χ0v) is 11.9. The van der Waals surface area contributed by atoms with Crippen LogP contribution in [0.15, 0.2) is 24.3 Å². The zero-order valence-electron chi connectivity index (χ0n) is 11.9. The summed E-state index contributed by atoms with van der Waals surface area (Å²) in [5.74, 6) is 1.89. The van der Waals surface area contributed by atoms with Crippen LogP contribution in [-0.4, -0.2) is 14.8 Å². The van der Waals surface area contributed by atoms with Gasteiger partial charge in [-0.2, -0.15) is 0 Å². The van der Waals surface area contributed by atoms with E-state index in [9.17, 15) is 0 Å². The Morgan fingerprint density at radius 1 is 1.05 bits per heavy atom. The first-order valence-corrected chi connectivity index (χ1v) is 6.80. The summed E-state index contributed by atoms with van der Waals surface area (Å²) in [6.45, 7) is 6.82. The molecular weight excluding hydrogens is 236 g/mol. The second-order valence-electron chi connectivity index (χ2n) is 5.19. The van der Waals surface area contributed by atoms with E-state index in [4.69, 9.17) is 5.73 Å². The minimum absolute atomic E-state index is 0.349. The Balaban J connectivity index is 2.11. The van der Waals surface area contributed by atoms with Crippen molar-refractivity contribution in [3.8, 4) is 0 Å². The molecule has 0 amide bonds. The maximum Gasteiger partial charge on any atom is 0.147 e. The van der Waals surface area contributed by atoms with Crippen LogP contribution in [-0.2, 0) is 19.4 Å². The van der Waals surface area contributed by atoms with Gasteiger partial charge in [-0.15, -0.1) is 10.2 Å². The molecule has 2 N–H and O–H groups in total. The van der Waals surface area contributed by atoms with Gasteiger partial charge in [-0.1, -0.05) is 29.8 Å². The predicted molar refractivity (Wildman–Crippen MR) is 76.9 cm³/mol. The zero-order chi connectivity index (χ0) is 13.8. The number of nitrogens with zero attached hydrogens (tertiary/aromatic N) is 3. The van der Waals surface area contributed by atoms with Gasteiger partial charge in [0.1, 0.15) is 11.6 Å². The van der Waals surface area contributed by atoms with Gasteiger partial charge >= 0.3 is 0 Å². The first-order chi connectivity index (χ1) is 9.11. The summed E-state index contributed by atoms with van der Waals surface area (Å²) in [6, 6.07) is 8.99. The lowest BCUT2D eigenvalue weighted by Gasteiger charge is -2.13. The van der Waals surface area contributed by atoms with Crippen LogP contribution in [0.25, 0.3) is 0 Å². The lowest BCUT2D eigenvalue weighted by Crippen LogP contribution is -2.13. The minimum atomic E-state index is 0.349. The fourth-order valence-electron chi connectivity index (χ4n) is 2.28. The van der Waals surface area contributed by atoms with Crippen molar-refractivity contribution in [2.75, 3.05) is 0 Å². The summed E-state index contributed by atoms with van der Waals surface area (Å²) < 4.78 is 2.15. The van der Waals surface area contributed by atoms with Gasteiger partial charge in [0, 0.05) is 12.5 Å². The SMILES string of the molecule is Cc1ccc(CCc2nnc(CN)n2C(C)C)cc1. The van der Waals surface area contributed by atoms with Gasteiger partial charge in [-0.25, -0.2) is 0 Å². The molecule has 0 spiro atoms. The van der Waals surface area contributed by atoms with Crippen molar-refractivity contribution in [3.63, 3.8) is 0 Å². The van der Waals surface area contributed by atoms with E-state index in [1.54, 1.807) is 0 Å². The quantitative estimate of drug-likeness (QED) is 0.896. The number of hydrogen-bond acceptors (Lipinski definition) is 3. The highest BCUT2D eigenvalue weighted by Gasteiger charge is 2.13. The molecule has 4 heteroatoms. The standard InChI is InChI=1S/C15H22N4/c1-11(2)19-14(17-18-15(19)10-16)9-8-13-6-4-12(3)5-7-13/h4-7,11H,8-10,16H2,1-3H3. The molecule has 0 unspecified atom stereocenters. The van der Waals surface area contributed by atoms with E-state index in [-0.39, 0.29) is 0 Å². The van der Waals surface area contributed by atoms with Gasteiger partial charge in [0.25, 0.3) is 0 Å². The van der Waals surface area contributed by atoms with Gasteiger partial charge in [-0.05, 0) is 32.8 Å². The summed E-state index contributed by atoms with van der Waals surface area (Å²) in [7, 11) is 0. The van der Waals surface area contributed by atoms with Crippen LogP contribution < -0.4 is 5.73 Å². The van der Waals surface area contributed by atoms with E-state index >= 15 is 0 Å². The average molecular weight is 258 g/mol. The largest absolute Gasteiger partial charge is 0.324 e. The van der Waals surface area contributed by atoms with Crippen LogP contribution in [0.4, 0.5) is 0 Å². The van der Waals surface area contributed by atoms with Crippen molar-refractivity contribution >= 4 is 0 Å². The van der Waals surface area contributed by atoms with Crippen molar-refractivity contribution in [3.05, 3.63) is 47.0 Å². The Bertz CT molecular complexity index is 526. The van der Waals surface area contributed by atoms with Crippen LogP contribution in [0.5, 0.6) is 0 Å². The second kappa shape index (κ2) is 5.97. The van der Waals surface area contributed by atoms with E-state index in [1.807, 2.05) is 0 Å². The smallest absolute Gasteiger partial charge is 0.147 e. The molecule has 19 heavy (non-hydrogen) atoms. The van der Waals surface area contributed by atoms with E-state index in [2.05, 4.69) is 59.8 Å². The molecule has 0 atom stereocenters. The van der Waals surface area contributed by atoms with E-state index in [1.165, 1.54) is 11.1 Å². The lowest BCUT2D eigenvalue weighted by molar-refractivity contribution is 0.541. The first kappa shape index (κ1) is 13.7. The second-order valence-corrected chi connectivity index (χ2v) is 5.19. The molecule has 102 valence electrons. The Morgan fingerprint density at radius 2 is 1.68 bits per heavy atom. The Hall–Kier alpha value is -1.68. The molecule has 0 radical (unpaired) electrons. The third-order valence-electron chi connectivity index (χ3n) is 3.29. The van der Waals surface area contributed by atoms with Crippen molar-refractivity contribution in [2.45, 2.75) is 46.2 Å². The normalized spacial score (nSPS) is 11.2. The molecule has 0 aliphatic rings. The Labute approximate surface area is 114 Å². The third kappa shape index (κ3) is 3.20. The van der Waals surface area contributed by atoms with Crippen LogP contribution >= 0.6 is 0 Å². The monoisotopic (exact) mass is 258 g/mol. The van der Waals surface area contributed by atoms with Crippen molar-refractivity contribution in [2.24, 2.45) is 5.73 Å². The molecule has 2 aromatic rings. The maximum absolute atomic E-state index is 5.70. The maximum atomic E-state index is 5.70. The number of hydrogen-bond donors (Lipinski definition) is 1. The predicted octanol–water partition coefficient (Wildman–Crippen LogP) is 2.41. The van der Waals surface area contributed by atoms with E-state index in [0.29, 0.717) is 12.6 Å². The molecule has 0 fully saturated rings. The van der Waals surface area contributed by atoms with Crippen molar-refractivity contribution in [1.82, 2.24) is 14.8 Å². The number of aromatic nitrogens is 3. The lowest BCUT2D eigenvalue weighted by atomic mass is 10.1. The topological polar surface area (TPSA) is 56.7 Å². The van der Waals surface area contributed by atoms with Gasteiger partial charge in [0.05, 0.1) is 6.54 Å². The fraction of sp³-hybridized carbons (Fsp3) is 0.467. The average Bonchev–Trinajstić information content (AvgIpc) is 2.81. The fourth-order valence-corrected chi connectivity index (χ4v) is 2.28. The highest BCUT2D eigenvalue weighted by atomic mass is 15.3. The third-order valence-corrected chi connectivity index (χ3v) is 3.29. The number of aryl methyl sites for hydroxylation is 3. The number of rotatable bonds is 5. The summed E-state index contributed by atoms with van der Waals surface area (Å²) in [6.07, 6.45) is 1.88. The number of nitrogens with two attached hydrogens (primary N) is 1. The molecule has 0 bridgehead atoms. The van der Waals surface area contributed by atoms with Gasteiger partial charge < -0.3 is 10.3 Å². The van der Waals surface area contributed by atoms with Crippen LogP contribution in [0, 0.1) is 6.92 Å². The van der Waals surface area contributed by atoms with Crippen LogP contribution in [0.3, 0.4) is 0 Å². The molecule has 4 nitrogen and oxygen atoms in total. The van der Waals surface area contributed by atoms with Gasteiger partial charge in [0.15, 0.2) is 0 Å².